The van der Waals surface area contributed by atoms with E-state index in [1.165, 1.54) is 0 Å². The lowest BCUT2D eigenvalue weighted by molar-refractivity contribution is -0.138. The van der Waals surface area contributed by atoms with Crippen LogP contribution in [-0.4, -0.2) is 69.8 Å². The van der Waals surface area contributed by atoms with E-state index < -0.39 is 5.54 Å². The van der Waals surface area contributed by atoms with Crippen LogP contribution in [0.1, 0.15) is 60.2 Å². The molecular formula is C29H33N3O5. The van der Waals surface area contributed by atoms with Crippen molar-refractivity contribution >= 4 is 23.4 Å². The van der Waals surface area contributed by atoms with Crippen LogP contribution in [0.3, 0.4) is 0 Å². The molecule has 2 heterocycles. The summed E-state index contributed by atoms with van der Waals surface area (Å²) in [4.78, 5) is 55.5. The van der Waals surface area contributed by atoms with Gasteiger partial charge in [-0.15, -0.1) is 0 Å². The zero-order valence-electron chi connectivity index (χ0n) is 21.5. The Morgan fingerprint density at radius 2 is 1.70 bits per heavy atom. The Kier molecular flexibility index (Phi) is 6.86. The summed E-state index contributed by atoms with van der Waals surface area (Å²) in [5.74, 6) is 0.376. The van der Waals surface area contributed by atoms with Gasteiger partial charge in [0.1, 0.15) is 23.7 Å². The number of nitrogens with zero attached hydrogens (tertiary/aromatic N) is 3. The van der Waals surface area contributed by atoms with Crippen LogP contribution in [0, 0.1) is 0 Å². The lowest BCUT2D eigenvalue weighted by atomic mass is 9.80. The van der Waals surface area contributed by atoms with E-state index in [2.05, 4.69) is 17.0 Å². The molecule has 3 aliphatic rings. The van der Waals surface area contributed by atoms with Crippen LogP contribution in [0.15, 0.2) is 42.5 Å². The summed E-state index contributed by atoms with van der Waals surface area (Å²) in [7, 11) is 0. The molecule has 5 rings (SSSR count). The molecule has 2 fully saturated rings. The van der Waals surface area contributed by atoms with Gasteiger partial charge in [-0.2, -0.15) is 0 Å². The maximum Gasteiger partial charge on any atom is 0.255 e. The van der Waals surface area contributed by atoms with Crippen molar-refractivity contribution in [2.45, 2.75) is 58.3 Å². The molecule has 1 saturated carbocycles. The second-order valence-corrected chi connectivity index (χ2v) is 10.4. The fourth-order valence-electron chi connectivity index (χ4n) is 5.49. The van der Waals surface area contributed by atoms with Crippen molar-refractivity contribution in [2.75, 3.05) is 26.2 Å². The number of fused-ring (bicyclic) bond motifs is 1. The molecule has 0 unspecified atom stereocenters. The number of amides is 2. The van der Waals surface area contributed by atoms with Crippen molar-refractivity contribution in [1.82, 2.24) is 14.7 Å². The van der Waals surface area contributed by atoms with Crippen LogP contribution in [0.2, 0.25) is 0 Å². The zero-order valence-corrected chi connectivity index (χ0v) is 21.5. The molecule has 2 amide bonds. The predicted molar refractivity (Wildman–Crippen MR) is 137 cm³/mol. The van der Waals surface area contributed by atoms with E-state index in [1.54, 1.807) is 24.0 Å². The van der Waals surface area contributed by atoms with Crippen LogP contribution in [0.5, 0.6) is 5.75 Å². The number of carbonyl (C=O) groups is 4. The molecule has 0 aromatic heterocycles. The molecule has 37 heavy (non-hydrogen) atoms. The van der Waals surface area contributed by atoms with Gasteiger partial charge < -0.3 is 14.5 Å². The molecule has 0 spiro atoms. The fraction of sp³-hybridized carbons (Fsp3) is 0.448. The Morgan fingerprint density at radius 3 is 2.41 bits per heavy atom. The average molecular weight is 504 g/mol. The quantitative estimate of drug-likeness (QED) is 0.540. The van der Waals surface area contributed by atoms with Gasteiger partial charge in [0, 0.05) is 43.7 Å². The van der Waals surface area contributed by atoms with Gasteiger partial charge >= 0.3 is 0 Å². The molecule has 0 bridgehead atoms. The second-order valence-electron chi connectivity index (χ2n) is 10.4. The highest BCUT2D eigenvalue weighted by molar-refractivity contribution is 6.09. The van der Waals surface area contributed by atoms with Crippen LogP contribution < -0.4 is 4.74 Å². The molecule has 2 aliphatic heterocycles. The highest BCUT2D eigenvalue weighted by atomic mass is 16.5. The van der Waals surface area contributed by atoms with Crippen LogP contribution in [0.25, 0.3) is 0 Å². The lowest BCUT2D eigenvalue weighted by Crippen LogP contribution is -2.55. The third kappa shape index (κ3) is 4.90. The highest BCUT2D eigenvalue weighted by Crippen LogP contribution is 2.39. The lowest BCUT2D eigenvalue weighted by Gasteiger charge is -2.39. The fourth-order valence-corrected chi connectivity index (χ4v) is 5.49. The third-order valence-corrected chi connectivity index (χ3v) is 7.97. The summed E-state index contributed by atoms with van der Waals surface area (Å²) in [6.07, 6.45) is 0.559. The van der Waals surface area contributed by atoms with E-state index in [0.717, 1.165) is 42.9 Å². The van der Waals surface area contributed by atoms with Crippen LogP contribution >= 0.6 is 0 Å². The van der Waals surface area contributed by atoms with E-state index in [-0.39, 0.29) is 29.8 Å². The Bertz CT molecular complexity index is 1240. The van der Waals surface area contributed by atoms with Gasteiger partial charge in [0.15, 0.2) is 5.78 Å². The number of Topliss-reactive ketones (excluding diaryl/α,β-unsaturated/α-hetero) is 2. The molecule has 1 saturated heterocycles. The normalized spacial score (nSPS) is 22.5. The first-order valence-corrected chi connectivity index (χ1v) is 13.0. The first-order chi connectivity index (χ1) is 17.8. The van der Waals surface area contributed by atoms with Crippen molar-refractivity contribution in [3.63, 3.8) is 0 Å². The monoisotopic (exact) mass is 503 g/mol. The average Bonchev–Trinajstić information content (AvgIpc) is 3.24. The number of ether oxygens (including phenoxy) is 1. The summed E-state index contributed by atoms with van der Waals surface area (Å²) < 4.78 is 6.15. The number of hydrogen-bond acceptors (Lipinski definition) is 6. The summed E-state index contributed by atoms with van der Waals surface area (Å²) in [6.45, 7) is 8.02. The minimum Gasteiger partial charge on any atom is -0.489 e. The van der Waals surface area contributed by atoms with Crippen molar-refractivity contribution in [1.29, 1.82) is 0 Å². The van der Waals surface area contributed by atoms with Crippen LogP contribution in [-0.2, 0) is 34.1 Å². The minimum atomic E-state index is -0.967. The van der Waals surface area contributed by atoms with E-state index in [9.17, 15) is 19.2 Å². The van der Waals surface area contributed by atoms with Gasteiger partial charge in [-0.3, -0.25) is 24.1 Å². The van der Waals surface area contributed by atoms with E-state index in [0.29, 0.717) is 43.9 Å². The number of hydrogen-bond donors (Lipinski definition) is 0. The molecular weight excluding hydrogens is 470 g/mol. The van der Waals surface area contributed by atoms with Gasteiger partial charge in [0.25, 0.3) is 5.91 Å². The van der Waals surface area contributed by atoms with E-state index >= 15 is 0 Å². The van der Waals surface area contributed by atoms with Crippen molar-refractivity contribution < 1.29 is 23.9 Å². The van der Waals surface area contributed by atoms with E-state index in [4.69, 9.17) is 4.74 Å². The van der Waals surface area contributed by atoms with Gasteiger partial charge in [-0.05, 0) is 43.5 Å². The van der Waals surface area contributed by atoms with Crippen molar-refractivity contribution in [2.24, 2.45) is 0 Å². The topological polar surface area (TPSA) is 87.2 Å². The molecule has 8 heteroatoms. The number of rotatable bonds is 7. The first-order valence-electron chi connectivity index (χ1n) is 13.0. The van der Waals surface area contributed by atoms with Crippen LogP contribution in [0.4, 0.5) is 0 Å². The van der Waals surface area contributed by atoms with E-state index in [1.807, 2.05) is 30.0 Å². The summed E-state index contributed by atoms with van der Waals surface area (Å²) >= 11 is 0. The van der Waals surface area contributed by atoms with Crippen molar-refractivity contribution in [3.8, 4) is 5.75 Å². The molecule has 0 radical (unpaired) electrons. The number of ketones is 2. The van der Waals surface area contributed by atoms with Gasteiger partial charge in [-0.25, -0.2) is 0 Å². The van der Waals surface area contributed by atoms with Gasteiger partial charge in [-0.1, -0.05) is 30.3 Å². The predicted octanol–water partition coefficient (Wildman–Crippen LogP) is 2.97. The smallest absolute Gasteiger partial charge is 0.255 e. The SMILES string of the molecule is CCN1CCN(Cc2ccc(COc3cccc4c3CN([C@@]3(C)CCC(=O)CC3=O)C4=O)cc2)CC1=O. The van der Waals surface area contributed by atoms with Gasteiger partial charge in [0.2, 0.25) is 5.91 Å². The van der Waals surface area contributed by atoms with Crippen molar-refractivity contribution in [3.05, 3.63) is 64.7 Å². The third-order valence-electron chi connectivity index (χ3n) is 7.97. The number of carbonyl (C=O) groups excluding carboxylic acids is 4. The molecule has 194 valence electrons. The zero-order chi connectivity index (χ0) is 26.2. The Labute approximate surface area is 217 Å². The molecule has 0 N–H and O–H groups in total. The second kappa shape index (κ2) is 10.1. The minimum absolute atomic E-state index is 0.0609. The number of piperazine rings is 1. The molecule has 1 aliphatic carbocycles. The molecule has 1 atom stereocenters. The summed E-state index contributed by atoms with van der Waals surface area (Å²) in [5.41, 5.74) is 2.52. The largest absolute Gasteiger partial charge is 0.489 e. The first kappa shape index (κ1) is 25.1. The number of benzene rings is 2. The Hall–Kier alpha value is -3.52. The Balaban J connectivity index is 1.22. The Morgan fingerprint density at radius 1 is 0.946 bits per heavy atom. The maximum atomic E-state index is 13.2. The van der Waals surface area contributed by atoms with Gasteiger partial charge in [0.05, 0.1) is 19.5 Å². The highest BCUT2D eigenvalue weighted by Gasteiger charge is 2.48. The molecule has 2 aromatic carbocycles. The number of likely N-dealkylation sites (N-methyl/N-ethyl adjacent to an activating group) is 1. The summed E-state index contributed by atoms with van der Waals surface area (Å²) in [6, 6.07) is 13.6. The standard InChI is InChI=1S/C29H33N3O5/c1-3-31-14-13-30(18-27(31)35)16-20-7-9-21(10-8-20)19-37-25-6-4-5-23-24(25)17-32(28(23)36)29(2)12-11-22(33)15-26(29)34/h4-10H,3,11-19H2,1-2H3/t29-/m0/s1. The summed E-state index contributed by atoms with van der Waals surface area (Å²) in [5, 5.41) is 0. The molecule has 8 nitrogen and oxygen atoms in total. The maximum absolute atomic E-state index is 13.2. The molecule has 2 aromatic rings.